The van der Waals surface area contributed by atoms with Crippen LogP contribution in [0.25, 0.3) is 0 Å². The van der Waals surface area contributed by atoms with E-state index in [4.69, 9.17) is 14.2 Å². The predicted octanol–water partition coefficient (Wildman–Crippen LogP) is 0.578. The van der Waals surface area contributed by atoms with Crippen LogP contribution in [-0.4, -0.2) is 62.1 Å². The molecule has 0 aromatic heterocycles. The molecule has 4 unspecified atom stereocenters. The van der Waals surface area contributed by atoms with Gasteiger partial charge in [-0.15, -0.1) is 0 Å². The monoisotopic (exact) mass is 274 g/mol. The third kappa shape index (κ3) is 2.54. The first-order chi connectivity index (χ1) is 9.16. The maximum absolute atomic E-state index is 9.44. The third-order valence-corrected chi connectivity index (χ3v) is 5.09. The molecule has 0 radical (unpaired) electrons. The van der Waals surface area contributed by atoms with Gasteiger partial charge in [0.15, 0.2) is 0 Å². The Bertz CT molecular complexity index is 247. The summed E-state index contributed by atoms with van der Waals surface area (Å²) < 4.78 is 16.7. The van der Waals surface area contributed by atoms with E-state index in [1.54, 1.807) is 0 Å². The predicted molar refractivity (Wildman–Crippen MR) is 69.9 cm³/mol. The number of aliphatic hydroxyl groups excluding tert-OH is 2. The van der Waals surface area contributed by atoms with Crippen molar-refractivity contribution in [2.24, 2.45) is 10.8 Å². The molecule has 2 fully saturated rings. The molecule has 0 spiro atoms. The first-order valence-corrected chi connectivity index (χ1v) is 7.19. The summed E-state index contributed by atoms with van der Waals surface area (Å²) in [6, 6.07) is 0. The Balaban J connectivity index is 1.73. The molecule has 19 heavy (non-hydrogen) atoms. The lowest BCUT2D eigenvalue weighted by molar-refractivity contribution is -0.250. The van der Waals surface area contributed by atoms with Crippen LogP contribution in [0.15, 0.2) is 0 Å². The SMILES string of the molecule is CCC1(CO)COC1COCC1OCC1(CC)CO. The lowest BCUT2D eigenvalue weighted by Gasteiger charge is -2.49. The van der Waals surface area contributed by atoms with Crippen LogP contribution in [0, 0.1) is 10.8 Å². The maximum Gasteiger partial charge on any atom is 0.0908 e. The molecule has 5 nitrogen and oxygen atoms in total. The standard InChI is InChI=1S/C14H26O5/c1-3-13(7-15)9-18-11(13)5-17-6-12-14(4-2,8-16)10-19-12/h11-12,15-16H,3-10H2,1-2H3. The van der Waals surface area contributed by atoms with Crippen LogP contribution in [-0.2, 0) is 14.2 Å². The van der Waals surface area contributed by atoms with E-state index in [-0.39, 0.29) is 36.3 Å². The van der Waals surface area contributed by atoms with Gasteiger partial charge in [-0.1, -0.05) is 13.8 Å². The van der Waals surface area contributed by atoms with Crippen molar-refractivity contribution >= 4 is 0 Å². The quantitative estimate of drug-likeness (QED) is 0.677. The van der Waals surface area contributed by atoms with E-state index in [0.717, 1.165) is 12.8 Å². The summed E-state index contributed by atoms with van der Waals surface area (Å²) in [7, 11) is 0. The van der Waals surface area contributed by atoms with Crippen molar-refractivity contribution < 1.29 is 24.4 Å². The number of ether oxygens (including phenoxy) is 3. The van der Waals surface area contributed by atoms with E-state index in [1.807, 2.05) is 0 Å². The summed E-state index contributed by atoms with van der Waals surface area (Å²) in [5, 5.41) is 18.9. The minimum atomic E-state index is -0.126. The van der Waals surface area contributed by atoms with E-state index in [2.05, 4.69) is 13.8 Å². The molecule has 5 heteroatoms. The molecule has 0 aliphatic carbocycles. The lowest BCUT2D eigenvalue weighted by atomic mass is 9.76. The van der Waals surface area contributed by atoms with Gasteiger partial charge in [0.05, 0.1) is 51.8 Å². The average Bonchev–Trinajstić information content (AvgIpc) is 2.39. The zero-order chi connectivity index (χ0) is 13.9. The van der Waals surface area contributed by atoms with E-state index in [1.165, 1.54) is 0 Å². The molecule has 0 amide bonds. The zero-order valence-electron chi connectivity index (χ0n) is 11.9. The van der Waals surface area contributed by atoms with Gasteiger partial charge in [0.2, 0.25) is 0 Å². The summed E-state index contributed by atoms with van der Waals surface area (Å²) in [6.07, 6.45) is 1.75. The Kier molecular flexibility index (Phi) is 4.84. The fourth-order valence-corrected chi connectivity index (χ4v) is 2.78. The molecule has 2 heterocycles. The summed E-state index contributed by atoms with van der Waals surface area (Å²) in [5.74, 6) is 0. The van der Waals surface area contributed by atoms with Gasteiger partial charge in [-0.05, 0) is 12.8 Å². The number of aliphatic hydroxyl groups is 2. The molecule has 2 aliphatic rings. The van der Waals surface area contributed by atoms with Crippen LogP contribution in [0.5, 0.6) is 0 Å². The van der Waals surface area contributed by atoms with Crippen LogP contribution in [0.4, 0.5) is 0 Å². The number of hydrogen-bond acceptors (Lipinski definition) is 5. The van der Waals surface area contributed by atoms with Crippen LogP contribution >= 0.6 is 0 Å². The summed E-state index contributed by atoms with van der Waals surface area (Å²) in [5.41, 5.74) is -0.251. The molecule has 112 valence electrons. The molecule has 2 N–H and O–H groups in total. The Morgan fingerprint density at radius 1 is 0.947 bits per heavy atom. The highest BCUT2D eigenvalue weighted by atomic mass is 16.6. The molecule has 0 saturated carbocycles. The molecule has 0 bridgehead atoms. The van der Waals surface area contributed by atoms with Crippen molar-refractivity contribution in [3.8, 4) is 0 Å². The molecule has 4 atom stereocenters. The molecule has 0 aromatic carbocycles. The minimum absolute atomic E-state index is 0.0206. The van der Waals surface area contributed by atoms with Gasteiger partial charge >= 0.3 is 0 Å². The molecule has 0 aromatic rings. The number of rotatable bonds is 8. The van der Waals surface area contributed by atoms with Gasteiger partial charge in [-0.2, -0.15) is 0 Å². The first-order valence-electron chi connectivity index (χ1n) is 7.19. The summed E-state index contributed by atoms with van der Waals surface area (Å²) >= 11 is 0. The molecular formula is C14H26O5. The van der Waals surface area contributed by atoms with Gasteiger partial charge in [0, 0.05) is 10.8 Å². The largest absolute Gasteiger partial charge is 0.396 e. The van der Waals surface area contributed by atoms with Crippen LogP contribution < -0.4 is 0 Å². The molecule has 2 saturated heterocycles. The van der Waals surface area contributed by atoms with Crippen LogP contribution in [0.3, 0.4) is 0 Å². The van der Waals surface area contributed by atoms with E-state index in [0.29, 0.717) is 26.4 Å². The average molecular weight is 274 g/mol. The number of hydrogen-bond donors (Lipinski definition) is 2. The second kappa shape index (κ2) is 6.06. The fourth-order valence-electron chi connectivity index (χ4n) is 2.78. The van der Waals surface area contributed by atoms with E-state index >= 15 is 0 Å². The van der Waals surface area contributed by atoms with Crippen molar-refractivity contribution in [1.29, 1.82) is 0 Å². The Morgan fingerprint density at radius 2 is 1.37 bits per heavy atom. The third-order valence-electron chi connectivity index (χ3n) is 5.09. The lowest BCUT2D eigenvalue weighted by Crippen LogP contribution is -2.58. The highest BCUT2D eigenvalue weighted by molar-refractivity contribution is 4.95. The zero-order valence-corrected chi connectivity index (χ0v) is 11.9. The molecular weight excluding hydrogens is 248 g/mol. The van der Waals surface area contributed by atoms with Gasteiger partial charge < -0.3 is 24.4 Å². The summed E-state index contributed by atoms with van der Waals surface area (Å²) in [6.45, 7) is 6.62. The van der Waals surface area contributed by atoms with Gasteiger partial charge in [0.1, 0.15) is 0 Å². The Labute approximate surface area is 114 Å². The van der Waals surface area contributed by atoms with E-state index in [9.17, 15) is 10.2 Å². The van der Waals surface area contributed by atoms with Crippen molar-refractivity contribution in [3.05, 3.63) is 0 Å². The van der Waals surface area contributed by atoms with Crippen molar-refractivity contribution in [3.63, 3.8) is 0 Å². The molecule has 2 aliphatic heterocycles. The Hall–Kier alpha value is -0.200. The van der Waals surface area contributed by atoms with E-state index < -0.39 is 0 Å². The normalized spacial score (nSPS) is 41.7. The first kappa shape index (κ1) is 15.2. The minimum Gasteiger partial charge on any atom is -0.396 e. The van der Waals surface area contributed by atoms with Gasteiger partial charge in [0.25, 0.3) is 0 Å². The van der Waals surface area contributed by atoms with Crippen LogP contribution in [0.2, 0.25) is 0 Å². The molecule has 2 rings (SSSR count). The van der Waals surface area contributed by atoms with Gasteiger partial charge in [-0.3, -0.25) is 0 Å². The van der Waals surface area contributed by atoms with Crippen LogP contribution in [0.1, 0.15) is 26.7 Å². The van der Waals surface area contributed by atoms with Crippen molar-refractivity contribution in [1.82, 2.24) is 0 Å². The maximum atomic E-state index is 9.44. The van der Waals surface area contributed by atoms with Crippen molar-refractivity contribution in [2.75, 3.05) is 39.6 Å². The topological polar surface area (TPSA) is 68.2 Å². The van der Waals surface area contributed by atoms with Gasteiger partial charge in [-0.25, -0.2) is 0 Å². The summed E-state index contributed by atoms with van der Waals surface area (Å²) in [4.78, 5) is 0. The second-order valence-corrected chi connectivity index (χ2v) is 5.88. The smallest absolute Gasteiger partial charge is 0.0908 e. The highest BCUT2D eigenvalue weighted by Gasteiger charge is 2.49. The fraction of sp³-hybridized carbons (Fsp3) is 1.00. The van der Waals surface area contributed by atoms with Crippen molar-refractivity contribution in [2.45, 2.75) is 38.9 Å². The highest BCUT2D eigenvalue weighted by Crippen LogP contribution is 2.40. The Morgan fingerprint density at radius 3 is 1.58 bits per heavy atom. The second-order valence-electron chi connectivity index (χ2n) is 5.88.